The average molecular weight is 193 g/mol. The van der Waals surface area contributed by atoms with Gasteiger partial charge in [0.1, 0.15) is 11.7 Å². The molecule has 1 aliphatic rings. The monoisotopic (exact) mass is 193 g/mol. The van der Waals surface area contributed by atoms with Crippen LogP contribution in [0.1, 0.15) is 6.42 Å². The van der Waals surface area contributed by atoms with Crippen molar-refractivity contribution in [3.63, 3.8) is 0 Å². The molecule has 0 unspecified atom stereocenters. The number of nitrogens with two attached hydrogens (primary N) is 1. The van der Waals surface area contributed by atoms with E-state index < -0.39 is 36.6 Å². The summed E-state index contributed by atoms with van der Waals surface area (Å²) in [4.78, 5) is 0. The molecule has 0 radical (unpaired) electrons. The standard InChI is InChI=1S/C7H15NO5/c8-5-3(10)1-4(11)6(12)7(5,13)2-9/h3-6,9-13H,1-2,8H2/t3-,4+,5+,6-,7+/m0/s1. The number of aliphatic hydroxyl groups is 5. The van der Waals surface area contributed by atoms with Crippen LogP contribution in [0, 0.1) is 0 Å². The van der Waals surface area contributed by atoms with Gasteiger partial charge in [0.2, 0.25) is 0 Å². The van der Waals surface area contributed by atoms with Gasteiger partial charge in [-0.15, -0.1) is 0 Å². The van der Waals surface area contributed by atoms with Crippen molar-refractivity contribution in [1.29, 1.82) is 0 Å². The van der Waals surface area contributed by atoms with E-state index in [2.05, 4.69) is 0 Å². The predicted octanol–water partition coefficient (Wildman–Crippen LogP) is -3.48. The first kappa shape index (κ1) is 10.8. The maximum Gasteiger partial charge on any atom is 0.133 e. The van der Waals surface area contributed by atoms with E-state index in [4.69, 9.17) is 10.8 Å². The Hall–Kier alpha value is -0.240. The molecule has 0 bridgehead atoms. The third-order valence-corrected chi connectivity index (χ3v) is 2.60. The molecule has 1 saturated carbocycles. The molecule has 1 rings (SSSR count). The van der Waals surface area contributed by atoms with E-state index in [0.29, 0.717) is 0 Å². The Balaban J connectivity index is 2.88. The van der Waals surface area contributed by atoms with Crippen molar-refractivity contribution in [3.05, 3.63) is 0 Å². The Morgan fingerprint density at radius 1 is 1.23 bits per heavy atom. The van der Waals surface area contributed by atoms with E-state index >= 15 is 0 Å². The molecule has 78 valence electrons. The molecular weight excluding hydrogens is 178 g/mol. The van der Waals surface area contributed by atoms with E-state index in [1.54, 1.807) is 0 Å². The fraction of sp³-hybridized carbons (Fsp3) is 1.00. The number of aliphatic hydroxyl groups excluding tert-OH is 4. The van der Waals surface area contributed by atoms with Crippen LogP contribution in [0.25, 0.3) is 0 Å². The summed E-state index contributed by atoms with van der Waals surface area (Å²) in [5.74, 6) is 0. The fourth-order valence-corrected chi connectivity index (χ4v) is 1.59. The van der Waals surface area contributed by atoms with Crippen molar-refractivity contribution in [3.8, 4) is 0 Å². The summed E-state index contributed by atoms with van der Waals surface area (Å²) in [5, 5.41) is 46.2. The third-order valence-electron chi connectivity index (χ3n) is 2.60. The molecule has 1 aliphatic carbocycles. The second-order valence-electron chi connectivity index (χ2n) is 3.49. The maximum atomic E-state index is 9.61. The van der Waals surface area contributed by atoms with Crippen molar-refractivity contribution in [1.82, 2.24) is 0 Å². The first-order valence-corrected chi connectivity index (χ1v) is 4.06. The molecule has 0 aromatic rings. The molecule has 6 heteroatoms. The molecule has 6 nitrogen and oxygen atoms in total. The summed E-state index contributed by atoms with van der Waals surface area (Å²) in [6.07, 6.45) is -4.04. The van der Waals surface area contributed by atoms with Gasteiger partial charge < -0.3 is 31.3 Å². The summed E-state index contributed by atoms with van der Waals surface area (Å²) < 4.78 is 0. The lowest BCUT2D eigenvalue weighted by atomic mass is 9.75. The summed E-state index contributed by atoms with van der Waals surface area (Å²) in [6, 6.07) is -1.16. The average Bonchev–Trinajstić information content (AvgIpc) is 2.12. The Kier molecular flexibility index (Phi) is 2.91. The minimum absolute atomic E-state index is 0.107. The van der Waals surface area contributed by atoms with Gasteiger partial charge in [-0.3, -0.25) is 0 Å². The van der Waals surface area contributed by atoms with Gasteiger partial charge in [-0.1, -0.05) is 0 Å². The van der Waals surface area contributed by atoms with Crippen LogP contribution < -0.4 is 5.73 Å². The zero-order valence-electron chi connectivity index (χ0n) is 7.04. The Morgan fingerprint density at radius 2 is 1.77 bits per heavy atom. The first-order valence-electron chi connectivity index (χ1n) is 4.06. The van der Waals surface area contributed by atoms with Gasteiger partial charge in [0.05, 0.1) is 24.9 Å². The van der Waals surface area contributed by atoms with Crippen LogP contribution in [0.2, 0.25) is 0 Å². The van der Waals surface area contributed by atoms with Gasteiger partial charge in [-0.25, -0.2) is 0 Å². The van der Waals surface area contributed by atoms with Gasteiger partial charge in [0.15, 0.2) is 0 Å². The smallest absolute Gasteiger partial charge is 0.133 e. The normalized spacial score (nSPS) is 52.2. The van der Waals surface area contributed by atoms with Crippen molar-refractivity contribution in [2.75, 3.05) is 6.61 Å². The number of hydrogen-bond donors (Lipinski definition) is 6. The van der Waals surface area contributed by atoms with Crippen LogP contribution in [0.5, 0.6) is 0 Å². The predicted molar refractivity (Wildman–Crippen MR) is 42.6 cm³/mol. The van der Waals surface area contributed by atoms with Crippen molar-refractivity contribution in [2.24, 2.45) is 5.73 Å². The van der Waals surface area contributed by atoms with Crippen molar-refractivity contribution < 1.29 is 25.5 Å². The van der Waals surface area contributed by atoms with E-state index in [0.717, 1.165) is 0 Å². The van der Waals surface area contributed by atoms with Crippen LogP contribution in [0.15, 0.2) is 0 Å². The van der Waals surface area contributed by atoms with Crippen molar-refractivity contribution >= 4 is 0 Å². The molecule has 0 aromatic carbocycles. The van der Waals surface area contributed by atoms with Crippen LogP contribution in [0.4, 0.5) is 0 Å². The molecule has 1 fully saturated rings. The van der Waals surface area contributed by atoms with Crippen LogP contribution >= 0.6 is 0 Å². The summed E-state index contributed by atoms with van der Waals surface area (Å²) in [6.45, 7) is -0.802. The molecule has 7 N–H and O–H groups in total. The van der Waals surface area contributed by atoms with Gasteiger partial charge in [-0.2, -0.15) is 0 Å². The molecule has 13 heavy (non-hydrogen) atoms. The van der Waals surface area contributed by atoms with Gasteiger partial charge in [0, 0.05) is 6.42 Å². The SMILES string of the molecule is N[C@@H]1[C@@H](O)C[C@@H](O)[C@H](O)[C@@]1(O)CO. The molecular formula is C7H15NO5. The van der Waals surface area contributed by atoms with E-state index in [-0.39, 0.29) is 6.42 Å². The van der Waals surface area contributed by atoms with Gasteiger partial charge >= 0.3 is 0 Å². The molecule has 0 saturated heterocycles. The van der Waals surface area contributed by atoms with Crippen molar-refractivity contribution in [2.45, 2.75) is 36.4 Å². The summed E-state index contributed by atoms with van der Waals surface area (Å²) in [7, 11) is 0. The lowest BCUT2D eigenvalue weighted by molar-refractivity contribution is -0.201. The van der Waals surface area contributed by atoms with Crippen LogP contribution in [-0.2, 0) is 0 Å². The van der Waals surface area contributed by atoms with Crippen LogP contribution in [-0.4, -0.2) is 62.1 Å². The Labute approximate surface area is 75.2 Å². The topological polar surface area (TPSA) is 127 Å². The number of rotatable bonds is 1. The van der Waals surface area contributed by atoms with E-state index in [9.17, 15) is 20.4 Å². The quantitative estimate of drug-likeness (QED) is 0.257. The highest BCUT2D eigenvalue weighted by atomic mass is 16.4. The molecule has 5 atom stereocenters. The van der Waals surface area contributed by atoms with E-state index in [1.807, 2.05) is 0 Å². The Morgan fingerprint density at radius 3 is 2.23 bits per heavy atom. The lowest BCUT2D eigenvalue weighted by Gasteiger charge is -2.45. The third kappa shape index (κ3) is 1.56. The van der Waals surface area contributed by atoms with E-state index in [1.165, 1.54) is 0 Å². The molecule has 0 spiro atoms. The number of hydrogen-bond acceptors (Lipinski definition) is 6. The summed E-state index contributed by atoms with van der Waals surface area (Å²) >= 11 is 0. The summed E-state index contributed by atoms with van der Waals surface area (Å²) in [5.41, 5.74) is 3.36. The second-order valence-corrected chi connectivity index (χ2v) is 3.49. The highest BCUT2D eigenvalue weighted by molar-refractivity contribution is 5.06. The van der Waals surface area contributed by atoms with Crippen LogP contribution in [0.3, 0.4) is 0 Å². The highest BCUT2D eigenvalue weighted by Gasteiger charge is 2.51. The molecule has 0 heterocycles. The molecule has 0 amide bonds. The maximum absolute atomic E-state index is 9.61. The minimum atomic E-state index is -2.03. The fourth-order valence-electron chi connectivity index (χ4n) is 1.59. The largest absolute Gasteiger partial charge is 0.393 e. The lowest BCUT2D eigenvalue weighted by Crippen LogP contribution is -2.70. The van der Waals surface area contributed by atoms with Gasteiger partial charge in [-0.05, 0) is 0 Å². The first-order chi connectivity index (χ1) is 5.93. The molecule has 0 aliphatic heterocycles. The minimum Gasteiger partial charge on any atom is -0.393 e. The zero-order chi connectivity index (χ0) is 10.2. The zero-order valence-corrected chi connectivity index (χ0v) is 7.04. The van der Waals surface area contributed by atoms with Gasteiger partial charge in [0.25, 0.3) is 0 Å². The Bertz CT molecular complexity index is 174. The highest BCUT2D eigenvalue weighted by Crippen LogP contribution is 2.28. The molecule has 0 aromatic heterocycles. The second kappa shape index (κ2) is 3.49.